The first-order valence-electron chi connectivity index (χ1n) is 6.99. The number of fused-ring (bicyclic) bond motifs is 3. The summed E-state index contributed by atoms with van der Waals surface area (Å²) in [5.74, 6) is 0. The quantitative estimate of drug-likeness (QED) is 0.363. The number of thiol groups is 1. The van der Waals surface area contributed by atoms with E-state index in [1.807, 2.05) is 48.5 Å². The predicted octanol–water partition coefficient (Wildman–Crippen LogP) is 5.87. The third-order valence-electron chi connectivity index (χ3n) is 3.86. The highest BCUT2D eigenvalue weighted by molar-refractivity contribution is 7.80. The Hall–Kier alpha value is -2.52. The summed E-state index contributed by atoms with van der Waals surface area (Å²) < 4.78 is 6.11. The number of hydrogen-bond donors (Lipinski definition) is 1. The first-order valence-corrected chi connectivity index (χ1v) is 7.43. The molecule has 0 amide bonds. The summed E-state index contributed by atoms with van der Waals surface area (Å²) in [6.45, 7) is 3.67. The molecule has 0 saturated heterocycles. The van der Waals surface area contributed by atoms with Crippen molar-refractivity contribution in [1.29, 1.82) is 0 Å². The van der Waals surface area contributed by atoms with Gasteiger partial charge in [-0.25, -0.2) is 0 Å². The molecule has 106 valence electrons. The fraction of sp³-hybridized carbons (Fsp3) is 0. The van der Waals surface area contributed by atoms with E-state index in [-0.39, 0.29) is 0 Å². The molecule has 1 heterocycles. The second-order valence-electron chi connectivity index (χ2n) is 5.12. The van der Waals surface area contributed by atoms with Crippen LogP contribution in [-0.2, 0) is 0 Å². The van der Waals surface area contributed by atoms with Gasteiger partial charge < -0.3 is 4.42 Å². The van der Waals surface area contributed by atoms with Gasteiger partial charge in [-0.05, 0) is 24.4 Å². The fourth-order valence-electron chi connectivity index (χ4n) is 2.82. The van der Waals surface area contributed by atoms with Gasteiger partial charge in [0.1, 0.15) is 11.2 Å². The van der Waals surface area contributed by atoms with Crippen molar-refractivity contribution in [1.82, 2.24) is 0 Å². The third-order valence-corrected chi connectivity index (χ3v) is 4.31. The lowest BCUT2D eigenvalue weighted by Gasteiger charge is -2.07. The molecule has 4 rings (SSSR count). The number of nitrogens with zero attached hydrogens (tertiary/aromatic N) is 1. The Morgan fingerprint density at radius 2 is 1.68 bits per heavy atom. The van der Waals surface area contributed by atoms with Crippen molar-refractivity contribution in [2.75, 3.05) is 0 Å². The Morgan fingerprint density at radius 3 is 2.45 bits per heavy atom. The molecule has 2 nitrogen and oxygen atoms in total. The molecule has 1 aromatic heterocycles. The minimum Gasteiger partial charge on any atom is -0.455 e. The molecule has 0 atom stereocenters. The van der Waals surface area contributed by atoms with Crippen LogP contribution in [0, 0.1) is 0 Å². The van der Waals surface area contributed by atoms with E-state index in [0.29, 0.717) is 0 Å². The van der Waals surface area contributed by atoms with Crippen molar-refractivity contribution in [3.63, 3.8) is 0 Å². The van der Waals surface area contributed by atoms with Gasteiger partial charge in [0.2, 0.25) is 0 Å². The van der Waals surface area contributed by atoms with Crippen LogP contribution in [0.25, 0.3) is 33.1 Å². The smallest absolute Gasteiger partial charge is 0.144 e. The maximum absolute atomic E-state index is 6.11. The van der Waals surface area contributed by atoms with Crippen molar-refractivity contribution in [2.24, 2.45) is 4.99 Å². The van der Waals surface area contributed by atoms with Gasteiger partial charge in [-0.1, -0.05) is 48.5 Å². The van der Waals surface area contributed by atoms with Crippen molar-refractivity contribution >= 4 is 47.0 Å². The van der Waals surface area contributed by atoms with E-state index in [4.69, 9.17) is 4.42 Å². The number of aliphatic imine (C=N–C) groups is 1. The second kappa shape index (κ2) is 5.04. The summed E-state index contributed by atoms with van der Waals surface area (Å²) >= 11 is 4.65. The number of hydrogen-bond acceptors (Lipinski definition) is 3. The number of benzene rings is 3. The van der Waals surface area contributed by atoms with Crippen LogP contribution in [0.3, 0.4) is 0 Å². The normalized spacial score (nSPS) is 11.1. The summed E-state index contributed by atoms with van der Waals surface area (Å²) in [6, 6.07) is 20.1. The molecule has 3 aromatic carbocycles. The third kappa shape index (κ3) is 1.86. The molecule has 22 heavy (non-hydrogen) atoms. The van der Waals surface area contributed by atoms with E-state index in [2.05, 4.69) is 36.5 Å². The topological polar surface area (TPSA) is 25.5 Å². The van der Waals surface area contributed by atoms with E-state index in [1.54, 1.807) is 0 Å². The molecule has 0 aliphatic heterocycles. The van der Waals surface area contributed by atoms with Crippen molar-refractivity contribution < 1.29 is 4.42 Å². The average Bonchev–Trinajstić information content (AvgIpc) is 2.96. The Morgan fingerprint density at radius 1 is 0.955 bits per heavy atom. The van der Waals surface area contributed by atoms with Gasteiger partial charge in [0.15, 0.2) is 0 Å². The van der Waals surface area contributed by atoms with Gasteiger partial charge in [0.25, 0.3) is 0 Å². The standard InChI is InChI=1S/C19H13NOS/c1-20-15-11-14(12-7-3-2-4-8-12)18-17(19(15)22)13-9-5-6-10-16(13)21-18/h2-11,22H,1H2. The van der Waals surface area contributed by atoms with Crippen LogP contribution in [0.4, 0.5) is 5.69 Å². The van der Waals surface area contributed by atoms with Crippen molar-refractivity contribution in [3.8, 4) is 11.1 Å². The van der Waals surface area contributed by atoms with Crippen LogP contribution >= 0.6 is 12.6 Å². The van der Waals surface area contributed by atoms with Crippen LogP contribution in [0.5, 0.6) is 0 Å². The van der Waals surface area contributed by atoms with Crippen LogP contribution < -0.4 is 0 Å². The monoisotopic (exact) mass is 303 g/mol. The molecule has 0 N–H and O–H groups in total. The number of furan rings is 1. The van der Waals surface area contributed by atoms with Crippen molar-refractivity contribution in [2.45, 2.75) is 4.90 Å². The first-order chi connectivity index (χ1) is 10.8. The summed E-state index contributed by atoms with van der Waals surface area (Å²) in [4.78, 5) is 4.93. The SMILES string of the molecule is C=Nc1cc(-c2ccccc2)c2oc3ccccc3c2c1S. The van der Waals surface area contributed by atoms with Crippen molar-refractivity contribution in [3.05, 3.63) is 60.7 Å². The summed E-state index contributed by atoms with van der Waals surface area (Å²) in [5, 5.41) is 2.04. The Balaban J connectivity index is 2.22. The second-order valence-corrected chi connectivity index (χ2v) is 5.57. The summed E-state index contributed by atoms with van der Waals surface area (Å²) in [7, 11) is 0. The molecule has 3 heteroatoms. The van der Waals surface area contributed by atoms with Crippen LogP contribution in [0.15, 0.2) is 75.0 Å². The lowest BCUT2D eigenvalue weighted by atomic mass is 10.0. The van der Waals surface area contributed by atoms with E-state index < -0.39 is 0 Å². The average molecular weight is 303 g/mol. The van der Waals surface area contributed by atoms with Gasteiger partial charge in [0, 0.05) is 21.2 Å². The molecule has 0 aliphatic carbocycles. The summed E-state index contributed by atoms with van der Waals surface area (Å²) in [5.41, 5.74) is 4.55. The molecule has 0 saturated carbocycles. The zero-order valence-corrected chi connectivity index (χ0v) is 12.7. The van der Waals surface area contributed by atoms with Crippen LogP contribution in [-0.4, -0.2) is 6.72 Å². The Bertz CT molecular complexity index is 1000. The predicted molar refractivity (Wildman–Crippen MR) is 95.6 cm³/mol. The Labute approximate surface area is 133 Å². The van der Waals surface area contributed by atoms with Gasteiger partial charge in [0.05, 0.1) is 5.69 Å². The molecule has 0 spiro atoms. The minimum atomic E-state index is 0.765. The highest BCUT2D eigenvalue weighted by atomic mass is 32.1. The van der Waals surface area contributed by atoms with Crippen LogP contribution in [0.1, 0.15) is 0 Å². The van der Waals surface area contributed by atoms with E-state index in [1.165, 1.54) is 0 Å². The van der Waals surface area contributed by atoms with Gasteiger partial charge in [-0.2, -0.15) is 0 Å². The lowest BCUT2D eigenvalue weighted by Crippen LogP contribution is -1.81. The lowest BCUT2D eigenvalue weighted by molar-refractivity contribution is 0.669. The van der Waals surface area contributed by atoms with Crippen LogP contribution in [0.2, 0.25) is 0 Å². The summed E-state index contributed by atoms with van der Waals surface area (Å²) in [6.07, 6.45) is 0. The molecule has 4 aromatic rings. The maximum Gasteiger partial charge on any atom is 0.144 e. The van der Waals surface area contributed by atoms with E-state index in [9.17, 15) is 0 Å². The number of para-hydroxylation sites is 1. The number of rotatable bonds is 2. The van der Waals surface area contributed by atoms with Gasteiger partial charge >= 0.3 is 0 Å². The molecular weight excluding hydrogens is 290 g/mol. The molecule has 0 fully saturated rings. The first kappa shape index (κ1) is 13.2. The zero-order valence-electron chi connectivity index (χ0n) is 11.8. The zero-order chi connectivity index (χ0) is 15.1. The highest BCUT2D eigenvalue weighted by Crippen LogP contribution is 2.43. The Kier molecular flexibility index (Phi) is 3.01. The maximum atomic E-state index is 6.11. The highest BCUT2D eigenvalue weighted by Gasteiger charge is 2.17. The van der Waals surface area contributed by atoms with E-state index >= 15 is 0 Å². The molecule has 0 bridgehead atoms. The molecule has 0 unspecified atom stereocenters. The van der Waals surface area contributed by atoms with Gasteiger partial charge in [-0.15, -0.1) is 12.6 Å². The molecular formula is C19H13NOS. The minimum absolute atomic E-state index is 0.765. The largest absolute Gasteiger partial charge is 0.455 e. The van der Waals surface area contributed by atoms with Gasteiger partial charge in [-0.3, -0.25) is 4.99 Å². The fourth-order valence-corrected chi connectivity index (χ4v) is 3.18. The van der Waals surface area contributed by atoms with E-state index in [0.717, 1.165) is 43.6 Å². The molecule has 0 aliphatic rings. The molecule has 0 radical (unpaired) electrons.